The minimum atomic E-state index is -0.482. The molecule has 1 atom stereocenters. The third-order valence-corrected chi connectivity index (χ3v) is 6.12. The van der Waals surface area contributed by atoms with Gasteiger partial charge in [0.15, 0.2) is 0 Å². The number of carbonyl (C=O) groups is 1. The van der Waals surface area contributed by atoms with E-state index < -0.39 is 5.41 Å². The SMILES string of the molecule is O=C(Nc1ccccc1OCC1CCCCO1)C1(c2ccc(Cl)cc2)CCC1. The second-order valence-electron chi connectivity index (χ2n) is 7.69. The van der Waals surface area contributed by atoms with Gasteiger partial charge in [-0.25, -0.2) is 0 Å². The van der Waals surface area contributed by atoms with Crippen molar-refractivity contribution in [2.24, 2.45) is 0 Å². The summed E-state index contributed by atoms with van der Waals surface area (Å²) in [5.41, 5.74) is 1.25. The summed E-state index contributed by atoms with van der Waals surface area (Å²) in [5.74, 6) is 0.710. The molecule has 0 radical (unpaired) electrons. The van der Waals surface area contributed by atoms with Gasteiger partial charge in [-0.05, 0) is 61.9 Å². The van der Waals surface area contributed by atoms with Crippen LogP contribution in [0.2, 0.25) is 5.02 Å². The van der Waals surface area contributed by atoms with Crippen LogP contribution in [-0.4, -0.2) is 25.2 Å². The Morgan fingerprint density at radius 1 is 1.11 bits per heavy atom. The molecule has 2 aliphatic rings. The van der Waals surface area contributed by atoms with Crippen molar-refractivity contribution < 1.29 is 14.3 Å². The number of para-hydroxylation sites is 2. The van der Waals surface area contributed by atoms with Crippen molar-refractivity contribution >= 4 is 23.2 Å². The van der Waals surface area contributed by atoms with E-state index in [-0.39, 0.29) is 12.0 Å². The van der Waals surface area contributed by atoms with Crippen molar-refractivity contribution in [2.45, 2.75) is 50.0 Å². The lowest BCUT2D eigenvalue weighted by molar-refractivity contribution is -0.124. The molecule has 2 aromatic rings. The summed E-state index contributed by atoms with van der Waals surface area (Å²) in [7, 11) is 0. The Morgan fingerprint density at radius 2 is 1.89 bits per heavy atom. The number of carbonyl (C=O) groups excluding carboxylic acids is 1. The molecule has 5 heteroatoms. The first kappa shape index (κ1) is 19.3. The van der Waals surface area contributed by atoms with Gasteiger partial charge in [0, 0.05) is 11.6 Å². The maximum absolute atomic E-state index is 13.2. The van der Waals surface area contributed by atoms with Gasteiger partial charge in [0.05, 0.1) is 17.2 Å². The third-order valence-electron chi connectivity index (χ3n) is 5.87. The Hall–Kier alpha value is -2.04. The lowest BCUT2D eigenvalue weighted by atomic mass is 9.64. The van der Waals surface area contributed by atoms with Crippen molar-refractivity contribution in [3.8, 4) is 5.75 Å². The highest BCUT2D eigenvalue weighted by atomic mass is 35.5. The molecule has 28 heavy (non-hydrogen) atoms. The van der Waals surface area contributed by atoms with Gasteiger partial charge in [-0.3, -0.25) is 4.79 Å². The number of amides is 1. The van der Waals surface area contributed by atoms with Crippen LogP contribution in [0, 0.1) is 0 Å². The van der Waals surface area contributed by atoms with E-state index in [1.807, 2.05) is 48.5 Å². The predicted octanol–water partition coefficient (Wildman–Crippen LogP) is 5.35. The van der Waals surface area contributed by atoms with Crippen LogP contribution < -0.4 is 10.1 Å². The van der Waals surface area contributed by atoms with Crippen LogP contribution in [-0.2, 0) is 14.9 Å². The smallest absolute Gasteiger partial charge is 0.235 e. The van der Waals surface area contributed by atoms with E-state index in [1.54, 1.807) is 0 Å². The highest BCUT2D eigenvalue weighted by Crippen LogP contribution is 2.45. The maximum Gasteiger partial charge on any atom is 0.235 e. The van der Waals surface area contributed by atoms with Crippen LogP contribution >= 0.6 is 11.6 Å². The van der Waals surface area contributed by atoms with Crippen LogP contribution in [0.5, 0.6) is 5.75 Å². The van der Waals surface area contributed by atoms with Crippen molar-refractivity contribution in [1.82, 2.24) is 0 Å². The summed E-state index contributed by atoms with van der Waals surface area (Å²) >= 11 is 6.02. The molecule has 1 amide bonds. The maximum atomic E-state index is 13.2. The largest absolute Gasteiger partial charge is 0.489 e. The molecule has 148 valence electrons. The first-order chi connectivity index (χ1) is 13.7. The van der Waals surface area contributed by atoms with Crippen molar-refractivity contribution in [1.29, 1.82) is 0 Å². The van der Waals surface area contributed by atoms with E-state index >= 15 is 0 Å². The van der Waals surface area contributed by atoms with Gasteiger partial charge in [-0.15, -0.1) is 0 Å². The Bertz CT molecular complexity index is 811. The van der Waals surface area contributed by atoms with Gasteiger partial charge in [0.25, 0.3) is 0 Å². The van der Waals surface area contributed by atoms with Gasteiger partial charge in [-0.2, -0.15) is 0 Å². The highest BCUT2D eigenvalue weighted by Gasteiger charge is 2.45. The van der Waals surface area contributed by atoms with E-state index in [0.29, 0.717) is 23.1 Å². The lowest BCUT2D eigenvalue weighted by Gasteiger charge is -2.40. The quantitative estimate of drug-likeness (QED) is 0.712. The van der Waals surface area contributed by atoms with Crippen LogP contribution in [0.3, 0.4) is 0 Å². The van der Waals surface area contributed by atoms with E-state index in [2.05, 4.69) is 5.32 Å². The molecule has 1 saturated carbocycles. The summed E-state index contributed by atoms with van der Waals surface area (Å²) in [6.07, 6.45) is 6.19. The van der Waals surface area contributed by atoms with Gasteiger partial charge in [0.2, 0.25) is 5.91 Å². The number of halogens is 1. The first-order valence-electron chi connectivity index (χ1n) is 10.1. The van der Waals surface area contributed by atoms with E-state index in [9.17, 15) is 4.79 Å². The van der Waals surface area contributed by atoms with E-state index in [4.69, 9.17) is 21.1 Å². The Balaban J connectivity index is 1.47. The zero-order valence-corrected chi connectivity index (χ0v) is 16.7. The molecule has 1 unspecified atom stereocenters. The number of hydrogen-bond acceptors (Lipinski definition) is 3. The topological polar surface area (TPSA) is 47.6 Å². The first-order valence-corrected chi connectivity index (χ1v) is 10.5. The monoisotopic (exact) mass is 399 g/mol. The molecule has 4 nitrogen and oxygen atoms in total. The number of nitrogens with one attached hydrogen (secondary N) is 1. The fraction of sp³-hybridized carbons (Fsp3) is 0.435. The molecule has 2 aromatic carbocycles. The lowest BCUT2D eigenvalue weighted by Crippen LogP contribution is -2.46. The standard InChI is InChI=1S/C23H26ClNO3/c24-18-11-9-17(10-12-18)23(13-5-14-23)22(26)25-20-7-1-2-8-21(20)28-16-19-6-3-4-15-27-19/h1-2,7-12,19H,3-6,13-16H2,(H,25,26). The second kappa shape index (κ2) is 8.54. The normalized spacial score (nSPS) is 20.8. The summed E-state index contributed by atoms with van der Waals surface area (Å²) in [6.45, 7) is 1.31. The fourth-order valence-electron chi connectivity index (χ4n) is 4.01. The van der Waals surface area contributed by atoms with Crippen LogP contribution in [0.15, 0.2) is 48.5 Å². The molecule has 1 saturated heterocycles. The van der Waals surface area contributed by atoms with Crippen molar-refractivity contribution in [2.75, 3.05) is 18.5 Å². The molecule has 1 N–H and O–H groups in total. The predicted molar refractivity (Wildman–Crippen MR) is 111 cm³/mol. The molecular formula is C23H26ClNO3. The molecule has 4 rings (SSSR count). The van der Waals surface area contributed by atoms with Crippen LogP contribution in [0.25, 0.3) is 0 Å². The average molecular weight is 400 g/mol. The summed E-state index contributed by atoms with van der Waals surface area (Å²) in [4.78, 5) is 13.2. The Kier molecular flexibility index (Phi) is 5.88. The zero-order valence-electron chi connectivity index (χ0n) is 16.0. The molecule has 0 bridgehead atoms. The minimum Gasteiger partial charge on any atom is -0.489 e. The molecule has 1 aliphatic carbocycles. The van der Waals surface area contributed by atoms with Gasteiger partial charge in [-0.1, -0.05) is 42.3 Å². The summed E-state index contributed by atoms with van der Waals surface area (Å²) in [6, 6.07) is 15.3. The van der Waals surface area contributed by atoms with Gasteiger partial charge < -0.3 is 14.8 Å². The van der Waals surface area contributed by atoms with E-state index in [0.717, 1.165) is 44.3 Å². The molecule has 0 spiro atoms. The highest BCUT2D eigenvalue weighted by molar-refractivity contribution is 6.30. The molecular weight excluding hydrogens is 374 g/mol. The molecule has 0 aromatic heterocycles. The van der Waals surface area contributed by atoms with Crippen LogP contribution in [0.1, 0.15) is 44.1 Å². The second-order valence-corrected chi connectivity index (χ2v) is 8.13. The molecule has 2 fully saturated rings. The van der Waals surface area contributed by atoms with Crippen molar-refractivity contribution in [3.05, 3.63) is 59.1 Å². The summed E-state index contributed by atoms with van der Waals surface area (Å²) in [5, 5.41) is 3.80. The summed E-state index contributed by atoms with van der Waals surface area (Å²) < 4.78 is 11.8. The number of ether oxygens (including phenoxy) is 2. The molecule has 1 heterocycles. The number of rotatable bonds is 6. The van der Waals surface area contributed by atoms with Crippen LogP contribution in [0.4, 0.5) is 5.69 Å². The Labute approximate surface area is 171 Å². The zero-order chi connectivity index (χ0) is 19.4. The minimum absolute atomic E-state index is 0.0195. The average Bonchev–Trinajstić information content (AvgIpc) is 2.69. The Morgan fingerprint density at radius 3 is 2.57 bits per heavy atom. The van der Waals surface area contributed by atoms with E-state index in [1.165, 1.54) is 6.42 Å². The van der Waals surface area contributed by atoms with Gasteiger partial charge in [0.1, 0.15) is 12.4 Å². The van der Waals surface area contributed by atoms with Crippen molar-refractivity contribution in [3.63, 3.8) is 0 Å². The number of anilines is 1. The third kappa shape index (κ3) is 4.03. The molecule has 1 aliphatic heterocycles. The number of benzene rings is 2. The number of hydrogen-bond donors (Lipinski definition) is 1. The fourth-order valence-corrected chi connectivity index (χ4v) is 4.13. The van der Waals surface area contributed by atoms with Gasteiger partial charge >= 0.3 is 0 Å².